The average molecular weight is 529 g/mol. The molecule has 0 heterocycles. The minimum atomic E-state index is -0.674. The first-order chi connectivity index (χ1) is 10.4. The van der Waals surface area contributed by atoms with E-state index in [1.165, 1.54) is 18.4 Å². The SMILES string of the molecule is Cc1cccc(C2(O)CC(C)CCCC2CN(C)C)c1.II. The maximum absolute atomic E-state index is 11.5. The monoisotopic (exact) mass is 529 g/mol. The Kier molecular flexibility index (Phi) is 9.19. The second-order valence-corrected chi connectivity index (χ2v) is 6.99. The molecule has 3 unspecified atom stereocenters. The fraction of sp³-hybridized carbons (Fsp3) is 0.667. The lowest BCUT2D eigenvalue weighted by molar-refractivity contribution is -0.0460. The Bertz CT molecular complexity index is 452. The van der Waals surface area contributed by atoms with Gasteiger partial charge in [-0.1, -0.05) is 49.6 Å². The van der Waals surface area contributed by atoms with Gasteiger partial charge in [0, 0.05) is 49.7 Å². The third kappa shape index (κ3) is 5.60. The van der Waals surface area contributed by atoms with Gasteiger partial charge in [-0.25, -0.2) is 0 Å². The van der Waals surface area contributed by atoms with Crippen molar-refractivity contribution in [3.63, 3.8) is 0 Å². The lowest BCUT2D eigenvalue weighted by Gasteiger charge is -2.38. The molecule has 1 aliphatic rings. The zero-order chi connectivity index (χ0) is 16.8. The molecule has 0 amide bonds. The zero-order valence-electron chi connectivity index (χ0n) is 14.1. The van der Waals surface area contributed by atoms with Gasteiger partial charge in [-0.05, 0) is 45.3 Å². The van der Waals surface area contributed by atoms with Crippen LogP contribution in [-0.2, 0) is 5.60 Å². The molecule has 1 saturated carbocycles. The molecule has 22 heavy (non-hydrogen) atoms. The van der Waals surface area contributed by atoms with Crippen LogP contribution in [0.5, 0.6) is 0 Å². The third-order valence-electron chi connectivity index (χ3n) is 4.69. The molecule has 0 spiro atoms. The van der Waals surface area contributed by atoms with Gasteiger partial charge in [0.15, 0.2) is 0 Å². The molecule has 0 aromatic heterocycles. The van der Waals surface area contributed by atoms with Crippen LogP contribution >= 0.6 is 37.2 Å². The van der Waals surface area contributed by atoms with Crippen LogP contribution in [0, 0.1) is 18.8 Å². The highest BCUT2D eigenvalue weighted by Gasteiger charge is 2.41. The lowest BCUT2D eigenvalue weighted by Crippen LogP contribution is -2.41. The lowest BCUT2D eigenvalue weighted by atomic mass is 9.75. The zero-order valence-corrected chi connectivity index (χ0v) is 18.5. The number of aryl methyl sites for hydroxylation is 1. The Hall–Kier alpha value is 0.600. The van der Waals surface area contributed by atoms with E-state index in [-0.39, 0.29) is 0 Å². The van der Waals surface area contributed by atoms with Gasteiger partial charge in [0.05, 0.1) is 5.60 Å². The summed E-state index contributed by atoms with van der Waals surface area (Å²) in [6.07, 6.45) is 4.47. The normalized spacial score (nSPS) is 28.7. The summed E-state index contributed by atoms with van der Waals surface area (Å²) in [5, 5.41) is 11.5. The molecular weight excluding hydrogens is 500 g/mol. The van der Waals surface area contributed by atoms with Crippen molar-refractivity contribution in [2.24, 2.45) is 11.8 Å². The van der Waals surface area contributed by atoms with Gasteiger partial charge < -0.3 is 10.0 Å². The average Bonchev–Trinajstić information content (AvgIpc) is 2.61. The molecule has 2 nitrogen and oxygen atoms in total. The summed E-state index contributed by atoms with van der Waals surface area (Å²) in [7, 11) is 4.20. The number of aliphatic hydroxyl groups is 1. The van der Waals surface area contributed by atoms with Crippen molar-refractivity contribution >= 4 is 37.2 Å². The topological polar surface area (TPSA) is 23.5 Å². The molecule has 2 rings (SSSR count). The maximum Gasteiger partial charge on any atom is 0.0939 e. The number of halogens is 2. The van der Waals surface area contributed by atoms with E-state index in [2.05, 4.69) is 94.3 Å². The van der Waals surface area contributed by atoms with Crippen LogP contribution in [0.4, 0.5) is 0 Å². The van der Waals surface area contributed by atoms with Gasteiger partial charge in [0.2, 0.25) is 0 Å². The molecular formula is C18H29I2NO. The van der Waals surface area contributed by atoms with Crippen molar-refractivity contribution < 1.29 is 5.11 Å². The molecule has 1 aliphatic carbocycles. The maximum atomic E-state index is 11.5. The number of rotatable bonds is 3. The predicted molar refractivity (Wildman–Crippen MR) is 113 cm³/mol. The highest BCUT2D eigenvalue weighted by molar-refractivity contribution is 15.0. The van der Waals surface area contributed by atoms with Crippen molar-refractivity contribution in [3.8, 4) is 0 Å². The largest absolute Gasteiger partial charge is 0.385 e. The Balaban J connectivity index is 0.00000116. The van der Waals surface area contributed by atoms with Crippen LogP contribution in [0.25, 0.3) is 0 Å². The van der Waals surface area contributed by atoms with Gasteiger partial charge in [-0.15, -0.1) is 0 Å². The smallest absolute Gasteiger partial charge is 0.0939 e. The first kappa shape index (κ1) is 20.6. The number of nitrogens with zero attached hydrogens (tertiary/aromatic N) is 1. The Morgan fingerprint density at radius 2 is 1.95 bits per heavy atom. The fourth-order valence-electron chi connectivity index (χ4n) is 3.70. The molecule has 1 fully saturated rings. The Morgan fingerprint density at radius 1 is 1.27 bits per heavy atom. The van der Waals surface area contributed by atoms with E-state index in [0.717, 1.165) is 24.9 Å². The molecule has 126 valence electrons. The van der Waals surface area contributed by atoms with Crippen LogP contribution in [0.1, 0.15) is 43.7 Å². The van der Waals surface area contributed by atoms with E-state index < -0.39 is 5.60 Å². The van der Waals surface area contributed by atoms with E-state index in [4.69, 9.17) is 0 Å². The summed E-state index contributed by atoms with van der Waals surface area (Å²) in [6, 6.07) is 8.45. The summed E-state index contributed by atoms with van der Waals surface area (Å²) in [5.74, 6) is 0.914. The van der Waals surface area contributed by atoms with Crippen LogP contribution in [0.2, 0.25) is 0 Å². The fourth-order valence-corrected chi connectivity index (χ4v) is 3.70. The molecule has 0 bridgehead atoms. The Labute approximate surface area is 159 Å². The van der Waals surface area contributed by atoms with Gasteiger partial charge in [0.25, 0.3) is 0 Å². The number of hydrogen-bond acceptors (Lipinski definition) is 2. The Morgan fingerprint density at radius 3 is 2.55 bits per heavy atom. The summed E-state index contributed by atoms with van der Waals surface area (Å²) in [5.41, 5.74) is 1.67. The summed E-state index contributed by atoms with van der Waals surface area (Å²) in [6.45, 7) is 5.34. The van der Waals surface area contributed by atoms with Gasteiger partial charge >= 0.3 is 0 Å². The molecule has 4 heteroatoms. The third-order valence-corrected chi connectivity index (χ3v) is 4.69. The van der Waals surface area contributed by atoms with Crippen LogP contribution in [0.15, 0.2) is 24.3 Å². The first-order valence-corrected chi connectivity index (χ1v) is 14.3. The molecule has 1 aromatic rings. The van der Waals surface area contributed by atoms with Crippen LogP contribution in [-0.4, -0.2) is 30.6 Å². The molecule has 1 aromatic carbocycles. The minimum Gasteiger partial charge on any atom is -0.385 e. The van der Waals surface area contributed by atoms with E-state index in [0.29, 0.717) is 11.8 Å². The quantitative estimate of drug-likeness (QED) is 0.422. The molecule has 1 N–H and O–H groups in total. The standard InChI is InChI=1S/C18H29NO.I2/c1-14-7-5-9-16(11-14)18(20)12-15(2)8-6-10-17(18)13-19(3)4;1-2/h5,7,9,11,15,17,20H,6,8,10,12-13H2,1-4H3;. The van der Waals surface area contributed by atoms with E-state index in [1.807, 2.05) is 0 Å². The van der Waals surface area contributed by atoms with E-state index in [1.54, 1.807) is 0 Å². The summed E-state index contributed by atoms with van der Waals surface area (Å²) >= 11 is 4.24. The highest BCUT2D eigenvalue weighted by atomic mass is 128. The number of hydrogen-bond donors (Lipinski definition) is 1. The molecule has 0 saturated heterocycles. The molecule has 0 radical (unpaired) electrons. The van der Waals surface area contributed by atoms with Crippen molar-refractivity contribution in [1.82, 2.24) is 4.90 Å². The second kappa shape index (κ2) is 9.79. The summed E-state index contributed by atoms with van der Waals surface area (Å²) < 4.78 is 0. The predicted octanol–water partition coefficient (Wildman–Crippen LogP) is 5.34. The van der Waals surface area contributed by atoms with Gasteiger partial charge in [0.1, 0.15) is 0 Å². The van der Waals surface area contributed by atoms with Crippen molar-refractivity contribution in [3.05, 3.63) is 35.4 Å². The van der Waals surface area contributed by atoms with Crippen LogP contribution < -0.4 is 0 Å². The van der Waals surface area contributed by atoms with Crippen molar-refractivity contribution in [1.29, 1.82) is 0 Å². The molecule has 0 aliphatic heterocycles. The van der Waals surface area contributed by atoms with Gasteiger partial charge in [-0.2, -0.15) is 0 Å². The highest BCUT2D eigenvalue weighted by Crippen LogP contribution is 2.42. The van der Waals surface area contributed by atoms with Crippen molar-refractivity contribution in [2.75, 3.05) is 20.6 Å². The second-order valence-electron chi connectivity index (χ2n) is 6.99. The number of benzene rings is 1. The van der Waals surface area contributed by atoms with Crippen LogP contribution in [0.3, 0.4) is 0 Å². The van der Waals surface area contributed by atoms with E-state index >= 15 is 0 Å². The van der Waals surface area contributed by atoms with Crippen molar-refractivity contribution in [2.45, 2.75) is 45.1 Å². The molecule has 3 atom stereocenters. The first-order valence-electron chi connectivity index (χ1n) is 8.00. The minimum absolute atomic E-state index is 0.323. The van der Waals surface area contributed by atoms with Gasteiger partial charge in [-0.3, -0.25) is 0 Å². The summed E-state index contributed by atoms with van der Waals surface area (Å²) in [4.78, 5) is 2.21. The van der Waals surface area contributed by atoms with E-state index in [9.17, 15) is 5.11 Å².